The first kappa shape index (κ1) is 23.0. The van der Waals surface area contributed by atoms with E-state index in [1.165, 1.54) is 17.0 Å². The van der Waals surface area contributed by atoms with E-state index in [9.17, 15) is 19.1 Å². The maximum Gasteiger partial charge on any atom is 0.412 e. The molecule has 33 heavy (non-hydrogen) atoms. The fourth-order valence-corrected chi connectivity index (χ4v) is 4.68. The van der Waals surface area contributed by atoms with Crippen molar-refractivity contribution < 1.29 is 19.1 Å². The molecule has 0 saturated heterocycles. The molecule has 1 saturated carbocycles. The van der Waals surface area contributed by atoms with Gasteiger partial charge in [-0.2, -0.15) is 0 Å². The van der Waals surface area contributed by atoms with E-state index in [-0.39, 0.29) is 17.4 Å². The van der Waals surface area contributed by atoms with Crippen molar-refractivity contribution in [3.05, 3.63) is 87.6 Å². The molecule has 7 heteroatoms. The predicted octanol–water partition coefficient (Wildman–Crippen LogP) is 7.30. The van der Waals surface area contributed by atoms with Crippen LogP contribution in [0.25, 0.3) is 0 Å². The van der Waals surface area contributed by atoms with E-state index in [1.807, 2.05) is 19.1 Å². The standard InChI is InChI=1S/C26H24BrFN2O3/c1-16-6-2-5-9-20(16)25(31)21-12-11-18(15-22(21)28)29-23-13-10-17(27)14-24(23)30(26(32)33)19-7-3-4-8-19/h2,5-6,9-15,19,29H,3-4,7-8H2,1H3,(H,32,33). The molecule has 1 aliphatic rings. The fraction of sp³-hybridized carbons (Fsp3) is 0.231. The lowest BCUT2D eigenvalue weighted by Gasteiger charge is -2.28. The summed E-state index contributed by atoms with van der Waals surface area (Å²) in [5.41, 5.74) is 2.71. The van der Waals surface area contributed by atoms with Gasteiger partial charge in [-0.15, -0.1) is 0 Å². The molecule has 1 aliphatic carbocycles. The van der Waals surface area contributed by atoms with Crippen molar-refractivity contribution in [3.63, 3.8) is 0 Å². The highest BCUT2D eigenvalue weighted by atomic mass is 79.9. The van der Waals surface area contributed by atoms with Gasteiger partial charge in [-0.1, -0.05) is 53.0 Å². The van der Waals surface area contributed by atoms with Gasteiger partial charge in [-0.3, -0.25) is 9.69 Å². The van der Waals surface area contributed by atoms with Gasteiger partial charge in [-0.25, -0.2) is 9.18 Å². The number of aryl methyl sites for hydroxylation is 1. The van der Waals surface area contributed by atoms with Crippen molar-refractivity contribution >= 4 is 44.9 Å². The Morgan fingerprint density at radius 2 is 1.76 bits per heavy atom. The van der Waals surface area contributed by atoms with E-state index >= 15 is 0 Å². The lowest BCUT2D eigenvalue weighted by atomic mass is 9.98. The number of rotatable bonds is 6. The van der Waals surface area contributed by atoms with Gasteiger partial charge < -0.3 is 10.4 Å². The zero-order valence-corrected chi connectivity index (χ0v) is 19.7. The Hall–Kier alpha value is -3.19. The third-order valence-electron chi connectivity index (χ3n) is 6.00. The Bertz CT molecular complexity index is 1210. The Balaban J connectivity index is 1.65. The first-order valence-electron chi connectivity index (χ1n) is 10.8. The Morgan fingerprint density at radius 3 is 2.42 bits per heavy atom. The minimum atomic E-state index is -1.02. The second kappa shape index (κ2) is 9.75. The third-order valence-corrected chi connectivity index (χ3v) is 6.49. The highest BCUT2D eigenvalue weighted by Gasteiger charge is 2.29. The van der Waals surface area contributed by atoms with Gasteiger partial charge >= 0.3 is 6.09 Å². The van der Waals surface area contributed by atoms with Crippen LogP contribution in [0, 0.1) is 12.7 Å². The third kappa shape index (κ3) is 4.93. The summed E-state index contributed by atoms with van der Waals surface area (Å²) >= 11 is 3.43. The monoisotopic (exact) mass is 510 g/mol. The molecule has 0 aliphatic heterocycles. The zero-order chi connectivity index (χ0) is 23.5. The van der Waals surface area contributed by atoms with Crippen molar-refractivity contribution in [1.82, 2.24) is 0 Å². The number of nitrogens with zero attached hydrogens (tertiary/aromatic N) is 1. The van der Waals surface area contributed by atoms with Crippen LogP contribution in [0.5, 0.6) is 0 Å². The highest BCUT2D eigenvalue weighted by molar-refractivity contribution is 9.10. The maximum atomic E-state index is 14.9. The molecule has 0 bridgehead atoms. The minimum absolute atomic E-state index is 0.0102. The molecule has 0 spiro atoms. The second-order valence-corrected chi connectivity index (χ2v) is 9.13. The van der Waals surface area contributed by atoms with Gasteiger partial charge in [-0.05, 0) is 61.7 Å². The maximum absolute atomic E-state index is 14.9. The second-order valence-electron chi connectivity index (χ2n) is 8.22. The summed E-state index contributed by atoms with van der Waals surface area (Å²) < 4.78 is 15.7. The van der Waals surface area contributed by atoms with Crippen molar-refractivity contribution in [3.8, 4) is 0 Å². The first-order valence-corrected chi connectivity index (χ1v) is 11.6. The molecule has 0 aromatic heterocycles. The average molecular weight is 511 g/mol. The minimum Gasteiger partial charge on any atom is -0.465 e. The molecule has 0 heterocycles. The van der Waals surface area contributed by atoms with E-state index in [0.717, 1.165) is 35.7 Å². The topological polar surface area (TPSA) is 69.6 Å². The lowest BCUT2D eigenvalue weighted by Crippen LogP contribution is -2.38. The smallest absolute Gasteiger partial charge is 0.412 e. The quantitative estimate of drug-likeness (QED) is 0.341. The van der Waals surface area contributed by atoms with E-state index in [0.29, 0.717) is 22.6 Å². The van der Waals surface area contributed by atoms with Crippen LogP contribution in [0.2, 0.25) is 0 Å². The Morgan fingerprint density at radius 1 is 1.03 bits per heavy atom. The number of halogens is 2. The van der Waals surface area contributed by atoms with E-state index in [1.54, 1.807) is 36.4 Å². The van der Waals surface area contributed by atoms with Crippen LogP contribution in [0.3, 0.4) is 0 Å². The number of ketones is 1. The number of carboxylic acid groups (broad SMARTS) is 1. The van der Waals surface area contributed by atoms with Crippen LogP contribution in [0.15, 0.2) is 65.1 Å². The molecule has 3 aromatic rings. The largest absolute Gasteiger partial charge is 0.465 e. The van der Waals surface area contributed by atoms with Gasteiger partial charge in [0.05, 0.1) is 16.9 Å². The average Bonchev–Trinajstić information content (AvgIpc) is 3.30. The molecule has 0 unspecified atom stereocenters. The molecule has 0 atom stereocenters. The SMILES string of the molecule is Cc1ccccc1C(=O)c1ccc(Nc2ccc(Br)cc2N(C(=O)O)C2CCCC2)cc1F. The van der Waals surface area contributed by atoms with Crippen LogP contribution in [-0.2, 0) is 0 Å². The van der Waals surface area contributed by atoms with Gasteiger partial charge in [0.2, 0.25) is 0 Å². The molecule has 5 nitrogen and oxygen atoms in total. The van der Waals surface area contributed by atoms with Crippen molar-refractivity contribution in [1.29, 1.82) is 0 Å². The summed E-state index contributed by atoms with van der Waals surface area (Å²) in [5, 5.41) is 13.1. The summed E-state index contributed by atoms with van der Waals surface area (Å²) in [6, 6.07) is 16.6. The molecular weight excluding hydrogens is 487 g/mol. The van der Waals surface area contributed by atoms with Gasteiger partial charge in [0.1, 0.15) is 5.82 Å². The predicted molar refractivity (Wildman–Crippen MR) is 131 cm³/mol. The summed E-state index contributed by atoms with van der Waals surface area (Å²) in [7, 11) is 0. The molecular formula is C26H24BrFN2O3. The molecule has 4 rings (SSSR count). The number of carbonyl (C=O) groups excluding carboxylic acids is 1. The molecule has 170 valence electrons. The number of benzene rings is 3. The summed E-state index contributed by atoms with van der Waals surface area (Å²) in [4.78, 5) is 26.3. The summed E-state index contributed by atoms with van der Waals surface area (Å²) in [6.45, 7) is 1.81. The number of hydrogen-bond acceptors (Lipinski definition) is 3. The van der Waals surface area contributed by atoms with E-state index in [2.05, 4.69) is 21.2 Å². The first-order chi connectivity index (χ1) is 15.8. The van der Waals surface area contributed by atoms with E-state index in [4.69, 9.17) is 0 Å². The van der Waals surface area contributed by atoms with Gasteiger partial charge in [0.25, 0.3) is 0 Å². The highest BCUT2D eigenvalue weighted by Crippen LogP contribution is 2.37. The summed E-state index contributed by atoms with van der Waals surface area (Å²) in [6.07, 6.45) is 2.58. The molecule has 1 fully saturated rings. The van der Waals surface area contributed by atoms with Gasteiger partial charge in [0.15, 0.2) is 5.78 Å². The van der Waals surface area contributed by atoms with Crippen LogP contribution < -0.4 is 10.2 Å². The van der Waals surface area contributed by atoms with Crippen LogP contribution >= 0.6 is 15.9 Å². The van der Waals surface area contributed by atoms with Crippen molar-refractivity contribution in [2.75, 3.05) is 10.2 Å². The zero-order valence-electron chi connectivity index (χ0n) is 18.1. The van der Waals surface area contributed by atoms with Crippen molar-refractivity contribution in [2.45, 2.75) is 38.6 Å². The number of carbonyl (C=O) groups is 2. The molecule has 3 aromatic carbocycles. The molecule has 2 N–H and O–H groups in total. The molecule has 0 radical (unpaired) electrons. The fourth-order valence-electron chi connectivity index (χ4n) is 4.33. The van der Waals surface area contributed by atoms with Crippen LogP contribution in [0.1, 0.15) is 47.2 Å². The summed E-state index contributed by atoms with van der Waals surface area (Å²) in [5.74, 6) is -1.02. The lowest BCUT2D eigenvalue weighted by molar-refractivity contribution is 0.103. The van der Waals surface area contributed by atoms with E-state index < -0.39 is 11.9 Å². The Kier molecular flexibility index (Phi) is 6.79. The van der Waals surface area contributed by atoms with Gasteiger partial charge in [0, 0.05) is 21.8 Å². The normalized spacial score (nSPS) is 13.7. The van der Waals surface area contributed by atoms with Crippen molar-refractivity contribution in [2.24, 2.45) is 0 Å². The Labute approximate surface area is 200 Å². The number of anilines is 3. The molecule has 1 amide bonds. The number of hydrogen-bond donors (Lipinski definition) is 2. The number of amides is 1. The number of nitrogens with one attached hydrogen (secondary N) is 1. The van der Waals surface area contributed by atoms with Crippen LogP contribution in [0.4, 0.5) is 26.2 Å². The van der Waals surface area contributed by atoms with Crippen LogP contribution in [-0.4, -0.2) is 23.0 Å².